The number of fused-ring (bicyclic) bond motifs is 1. The number of aromatic nitrogens is 1. The van der Waals surface area contributed by atoms with Crippen LogP contribution in [0.5, 0.6) is 5.75 Å². The number of nitrogens with zero attached hydrogens (tertiary/aromatic N) is 1. The lowest BCUT2D eigenvalue weighted by molar-refractivity contribution is 0.226. The van der Waals surface area contributed by atoms with Crippen molar-refractivity contribution >= 4 is 10.9 Å². The highest BCUT2D eigenvalue weighted by atomic mass is 16.5. The first kappa shape index (κ1) is 9.60. The molecule has 1 aromatic carbocycles. The lowest BCUT2D eigenvalue weighted by Gasteiger charge is -2.13. The summed E-state index contributed by atoms with van der Waals surface area (Å²) in [5.74, 6) is 0.944. The predicted octanol–water partition coefficient (Wildman–Crippen LogP) is 1.98. The Bertz CT molecular complexity index is 487. The summed E-state index contributed by atoms with van der Waals surface area (Å²) in [6, 6.07) is 10.0. The fourth-order valence-electron chi connectivity index (χ4n) is 2.09. The monoisotopic (exact) mass is 214 g/mol. The minimum atomic E-state index is 0.297. The van der Waals surface area contributed by atoms with Crippen LogP contribution in [0.2, 0.25) is 0 Å². The second-order valence-corrected chi connectivity index (χ2v) is 4.06. The van der Waals surface area contributed by atoms with E-state index in [1.54, 1.807) is 0 Å². The normalized spacial score (nSPS) is 20.1. The van der Waals surface area contributed by atoms with Gasteiger partial charge in [-0.15, -0.1) is 0 Å². The third-order valence-corrected chi connectivity index (χ3v) is 2.91. The molecule has 16 heavy (non-hydrogen) atoms. The van der Waals surface area contributed by atoms with E-state index >= 15 is 0 Å². The Labute approximate surface area is 94.5 Å². The third kappa shape index (κ3) is 1.74. The molecule has 3 nitrogen and oxygen atoms in total. The molecule has 0 radical (unpaired) electrons. The summed E-state index contributed by atoms with van der Waals surface area (Å²) < 4.78 is 5.99. The molecule has 0 spiro atoms. The van der Waals surface area contributed by atoms with Gasteiger partial charge in [-0.05, 0) is 37.2 Å². The number of benzene rings is 1. The maximum absolute atomic E-state index is 5.99. The van der Waals surface area contributed by atoms with Gasteiger partial charge >= 0.3 is 0 Å². The van der Waals surface area contributed by atoms with E-state index in [9.17, 15) is 0 Å². The van der Waals surface area contributed by atoms with Crippen LogP contribution < -0.4 is 10.1 Å². The van der Waals surface area contributed by atoms with Gasteiger partial charge in [-0.25, -0.2) is 0 Å². The van der Waals surface area contributed by atoms with E-state index in [1.807, 2.05) is 30.5 Å². The van der Waals surface area contributed by atoms with Crippen molar-refractivity contribution in [3.63, 3.8) is 0 Å². The lowest BCUT2D eigenvalue weighted by atomic mass is 10.2. The fourth-order valence-corrected chi connectivity index (χ4v) is 2.09. The summed E-state index contributed by atoms with van der Waals surface area (Å²) in [4.78, 5) is 4.32. The van der Waals surface area contributed by atoms with Gasteiger partial charge in [0.2, 0.25) is 0 Å². The van der Waals surface area contributed by atoms with Gasteiger partial charge in [-0.3, -0.25) is 4.98 Å². The average molecular weight is 214 g/mol. The van der Waals surface area contributed by atoms with Crippen molar-refractivity contribution in [2.45, 2.75) is 12.5 Å². The Kier molecular flexibility index (Phi) is 2.46. The van der Waals surface area contributed by atoms with Crippen molar-refractivity contribution in [1.29, 1.82) is 0 Å². The van der Waals surface area contributed by atoms with Crippen LogP contribution in [0.4, 0.5) is 0 Å². The first-order chi connectivity index (χ1) is 7.93. The lowest BCUT2D eigenvalue weighted by Crippen LogP contribution is -2.19. The van der Waals surface area contributed by atoms with Gasteiger partial charge in [0, 0.05) is 18.1 Å². The maximum atomic E-state index is 5.99. The summed E-state index contributed by atoms with van der Waals surface area (Å²) in [5.41, 5.74) is 0.992. The minimum Gasteiger partial charge on any atom is -0.488 e. The van der Waals surface area contributed by atoms with Crippen LogP contribution in [0.3, 0.4) is 0 Å². The summed E-state index contributed by atoms with van der Waals surface area (Å²) in [5, 5.41) is 4.39. The Morgan fingerprint density at radius 3 is 3.12 bits per heavy atom. The maximum Gasteiger partial charge on any atom is 0.129 e. The number of hydrogen-bond donors (Lipinski definition) is 1. The van der Waals surface area contributed by atoms with Gasteiger partial charge in [-0.1, -0.05) is 6.07 Å². The molecule has 2 aromatic rings. The number of pyridine rings is 1. The molecular weight excluding hydrogens is 200 g/mol. The van der Waals surface area contributed by atoms with Crippen molar-refractivity contribution in [3.8, 4) is 5.75 Å². The van der Waals surface area contributed by atoms with Crippen molar-refractivity contribution in [2.75, 3.05) is 13.1 Å². The first-order valence-corrected chi connectivity index (χ1v) is 5.64. The van der Waals surface area contributed by atoms with Gasteiger partial charge in [0.1, 0.15) is 11.9 Å². The Balaban J connectivity index is 1.96. The molecule has 0 saturated carbocycles. The molecule has 3 heteroatoms. The smallest absolute Gasteiger partial charge is 0.129 e. The highest BCUT2D eigenvalue weighted by molar-refractivity contribution is 5.84. The zero-order valence-electron chi connectivity index (χ0n) is 9.02. The number of rotatable bonds is 2. The first-order valence-electron chi connectivity index (χ1n) is 5.64. The van der Waals surface area contributed by atoms with Gasteiger partial charge in [0.15, 0.2) is 0 Å². The van der Waals surface area contributed by atoms with Gasteiger partial charge in [-0.2, -0.15) is 0 Å². The van der Waals surface area contributed by atoms with Gasteiger partial charge in [0.05, 0.1) is 5.52 Å². The molecule has 82 valence electrons. The summed E-state index contributed by atoms with van der Waals surface area (Å²) in [7, 11) is 0. The molecule has 0 bridgehead atoms. The quantitative estimate of drug-likeness (QED) is 0.830. The third-order valence-electron chi connectivity index (χ3n) is 2.91. The molecule has 1 aliphatic heterocycles. The zero-order valence-corrected chi connectivity index (χ0v) is 9.02. The molecule has 1 aromatic heterocycles. The number of ether oxygens (including phenoxy) is 1. The molecule has 3 rings (SSSR count). The highest BCUT2D eigenvalue weighted by Gasteiger charge is 2.16. The van der Waals surface area contributed by atoms with Crippen molar-refractivity contribution in [1.82, 2.24) is 10.3 Å². The summed E-state index contributed by atoms with van der Waals surface area (Å²) in [6.07, 6.45) is 3.19. The highest BCUT2D eigenvalue weighted by Crippen LogP contribution is 2.25. The number of hydrogen-bond acceptors (Lipinski definition) is 3. The van der Waals surface area contributed by atoms with E-state index < -0.39 is 0 Å². The Morgan fingerprint density at radius 1 is 1.25 bits per heavy atom. The van der Waals surface area contributed by atoms with E-state index in [2.05, 4.69) is 16.4 Å². The Morgan fingerprint density at radius 2 is 2.25 bits per heavy atom. The average Bonchev–Trinajstić information content (AvgIpc) is 2.82. The standard InChI is InChI=1S/C13H14N2O/c1-4-12-11(3-2-7-15-12)13(5-1)16-10-6-8-14-9-10/h1-5,7,10,14H,6,8-9H2. The van der Waals surface area contributed by atoms with E-state index in [0.717, 1.165) is 36.2 Å². The number of nitrogens with one attached hydrogen (secondary N) is 1. The van der Waals surface area contributed by atoms with Crippen LogP contribution >= 0.6 is 0 Å². The second-order valence-electron chi connectivity index (χ2n) is 4.06. The zero-order chi connectivity index (χ0) is 10.8. The van der Waals surface area contributed by atoms with Crippen molar-refractivity contribution < 1.29 is 4.74 Å². The largest absolute Gasteiger partial charge is 0.488 e. The van der Waals surface area contributed by atoms with E-state index in [-0.39, 0.29) is 0 Å². The molecule has 1 N–H and O–H groups in total. The van der Waals surface area contributed by atoms with Crippen LogP contribution in [0.25, 0.3) is 10.9 Å². The molecule has 0 amide bonds. The van der Waals surface area contributed by atoms with Gasteiger partial charge in [0.25, 0.3) is 0 Å². The molecular formula is C13H14N2O. The molecule has 1 fully saturated rings. The van der Waals surface area contributed by atoms with Crippen LogP contribution in [-0.2, 0) is 0 Å². The van der Waals surface area contributed by atoms with E-state index in [4.69, 9.17) is 4.74 Å². The van der Waals surface area contributed by atoms with Crippen LogP contribution in [0, 0.1) is 0 Å². The van der Waals surface area contributed by atoms with E-state index in [1.165, 1.54) is 0 Å². The topological polar surface area (TPSA) is 34.1 Å². The minimum absolute atomic E-state index is 0.297. The van der Waals surface area contributed by atoms with E-state index in [0.29, 0.717) is 6.10 Å². The molecule has 1 unspecified atom stereocenters. The molecule has 1 atom stereocenters. The Hall–Kier alpha value is -1.61. The summed E-state index contributed by atoms with van der Waals surface area (Å²) >= 11 is 0. The molecule has 2 heterocycles. The molecule has 1 aliphatic rings. The van der Waals surface area contributed by atoms with Gasteiger partial charge < -0.3 is 10.1 Å². The fraction of sp³-hybridized carbons (Fsp3) is 0.308. The summed E-state index contributed by atoms with van der Waals surface area (Å²) in [6.45, 7) is 1.99. The molecule has 0 aliphatic carbocycles. The molecule has 1 saturated heterocycles. The van der Waals surface area contributed by atoms with Crippen LogP contribution in [-0.4, -0.2) is 24.2 Å². The van der Waals surface area contributed by atoms with Crippen molar-refractivity contribution in [3.05, 3.63) is 36.5 Å². The SMILES string of the molecule is c1cc(OC2CCNC2)c2cccnc2c1. The predicted molar refractivity (Wildman–Crippen MR) is 63.6 cm³/mol. The van der Waals surface area contributed by atoms with Crippen LogP contribution in [0.15, 0.2) is 36.5 Å². The van der Waals surface area contributed by atoms with Crippen molar-refractivity contribution in [2.24, 2.45) is 0 Å². The van der Waals surface area contributed by atoms with Crippen LogP contribution in [0.1, 0.15) is 6.42 Å². The second kappa shape index (κ2) is 4.10.